The largest absolute Gasteiger partial charge is 0.487 e. The minimum atomic E-state index is 0.555. The van der Waals surface area contributed by atoms with Gasteiger partial charge in [0.1, 0.15) is 12.4 Å². The highest BCUT2D eigenvalue weighted by atomic mass is 127. The lowest BCUT2D eigenvalue weighted by Gasteiger charge is -2.12. The van der Waals surface area contributed by atoms with Gasteiger partial charge in [-0.2, -0.15) is 0 Å². The zero-order valence-electron chi connectivity index (χ0n) is 10.9. The van der Waals surface area contributed by atoms with Gasteiger partial charge < -0.3 is 10.1 Å². The Bertz CT molecular complexity index is 564. The average molecular weight is 511 g/mol. The minimum absolute atomic E-state index is 0.555. The van der Waals surface area contributed by atoms with Crippen LogP contribution in [0.3, 0.4) is 0 Å². The maximum atomic E-state index is 5.91. The van der Waals surface area contributed by atoms with Gasteiger partial charge in [0.2, 0.25) is 0 Å². The van der Waals surface area contributed by atoms with E-state index < -0.39 is 0 Å². The van der Waals surface area contributed by atoms with Crippen LogP contribution in [-0.4, -0.2) is 7.05 Å². The molecule has 0 atom stereocenters. The van der Waals surface area contributed by atoms with Crippen molar-refractivity contribution >= 4 is 54.5 Å². The van der Waals surface area contributed by atoms with Gasteiger partial charge in [-0.3, -0.25) is 0 Å². The maximum absolute atomic E-state index is 5.91. The highest BCUT2D eigenvalue weighted by Gasteiger charge is 2.09. The zero-order valence-corrected chi connectivity index (χ0v) is 16.2. The molecular formula is C15H14Br2INO. The Morgan fingerprint density at radius 1 is 1.05 bits per heavy atom. The summed E-state index contributed by atoms with van der Waals surface area (Å²) in [6.45, 7) is 1.38. The topological polar surface area (TPSA) is 21.3 Å². The molecule has 0 spiro atoms. The molecule has 20 heavy (non-hydrogen) atoms. The molecule has 2 rings (SSSR count). The Balaban J connectivity index is 2.11. The Morgan fingerprint density at radius 2 is 1.65 bits per heavy atom. The number of nitrogens with one attached hydrogen (secondary N) is 1. The zero-order chi connectivity index (χ0) is 14.5. The summed E-state index contributed by atoms with van der Waals surface area (Å²) >= 11 is 9.43. The van der Waals surface area contributed by atoms with Gasteiger partial charge in [-0.25, -0.2) is 0 Å². The first-order chi connectivity index (χ1) is 9.60. The molecule has 0 heterocycles. The van der Waals surface area contributed by atoms with Gasteiger partial charge in [-0.1, -0.05) is 12.1 Å². The van der Waals surface area contributed by atoms with Crippen LogP contribution >= 0.6 is 54.5 Å². The molecule has 2 aromatic carbocycles. The van der Waals surface area contributed by atoms with Crippen LogP contribution in [0, 0.1) is 3.57 Å². The SMILES string of the molecule is CNCc1cc(Br)c(OCc2ccc(I)cc2)c(Br)c1. The summed E-state index contributed by atoms with van der Waals surface area (Å²) in [5.41, 5.74) is 2.36. The number of rotatable bonds is 5. The van der Waals surface area contributed by atoms with Gasteiger partial charge in [0.15, 0.2) is 0 Å². The van der Waals surface area contributed by atoms with E-state index in [9.17, 15) is 0 Å². The third-order valence-electron chi connectivity index (χ3n) is 2.74. The number of halogens is 3. The monoisotopic (exact) mass is 509 g/mol. The smallest absolute Gasteiger partial charge is 0.148 e. The van der Waals surface area contributed by atoms with Crippen LogP contribution in [0.4, 0.5) is 0 Å². The van der Waals surface area contributed by atoms with Crippen LogP contribution in [0.25, 0.3) is 0 Å². The predicted molar refractivity (Wildman–Crippen MR) is 98.1 cm³/mol. The van der Waals surface area contributed by atoms with Crippen molar-refractivity contribution in [3.05, 3.63) is 60.0 Å². The van der Waals surface area contributed by atoms with Crippen molar-refractivity contribution in [3.63, 3.8) is 0 Å². The number of benzene rings is 2. The molecule has 0 fully saturated rings. The van der Waals surface area contributed by atoms with Crippen molar-refractivity contribution in [2.24, 2.45) is 0 Å². The van der Waals surface area contributed by atoms with Crippen molar-refractivity contribution in [1.29, 1.82) is 0 Å². The van der Waals surface area contributed by atoms with Crippen LogP contribution in [0.1, 0.15) is 11.1 Å². The van der Waals surface area contributed by atoms with E-state index in [-0.39, 0.29) is 0 Å². The molecule has 0 radical (unpaired) electrons. The highest BCUT2D eigenvalue weighted by Crippen LogP contribution is 2.35. The second-order valence-electron chi connectivity index (χ2n) is 4.33. The van der Waals surface area contributed by atoms with Crippen LogP contribution in [0.5, 0.6) is 5.75 Å². The predicted octanol–water partition coefficient (Wildman–Crippen LogP) is 5.11. The molecule has 106 valence electrons. The van der Waals surface area contributed by atoms with Crippen LogP contribution in [0.15, 0.2) is 45.3 Å². The van der Waals surface area contributed by atoms with Crippen molar-refractivity contribution in [3.8, 4) is 5.75 Å². The molecule has 2 nitrogen and oxygen atoms in total. The normalized spacial score (nSPS) is 10.6. The maximum Gasteiger partial charge on any atom is 0.148 e. The van der Waals surface area contributed by atoms with E-state index in [0.717, 1.165) is 26.8 Å². The molecular weight excluding hydrogens is 497 g/mol. The van der Waals surface area contributed by atoms with Gasteiger partial charge in [0.05, 0.1) is 8.95 Å². The van der Waals surface area contributed by atoms with Gasteiger partial charge in [0, 0.05) is 10.1 Å². The Labute approximate surface area is 149 Å². The summed E-state index contributed by atoms with van der Waals surface area (Å²) in [6.07, 6.45) is 0. The van der Waals surface area contributed by atoms with E-state index >= 15 is 0 Å². The first-order valence-electron chi connectivity index (χ1n) is 6.10. The Kier molecular flexibility index (Phi) is 6.32. The summed E-state index contributed by atoms with van der Waals surface area (Å²) in [5.74, 6) is 0.836. The van der Waals surface area contributed by atoms with Gasteiger partial charge >= 0.3 is 0 Å². The third-order valence-corrected chi connectivity index (χ3v) is 4.63. The summed E-state index contributed by atoms with van der Waals surface area (Å²) in [6, 6.07) is 12.5. The molecule has 0 unspecified atom stereocenters. The molecule has 0 aliphatic rings. The fourth-order valence-corrected chi connectivity index (χ4v) is 3.66. The quantitative estimate of drug-likeness (QED) is 0.564. The lowest BCUT2D eigenvalue weighted by molar-refractivity contribution is 0.302. The van der Waals surface area contributed by atoms with Gasteiger partial charge in [-0.15, -0.1) is 0 Å². The summed E-state index contributed by atoms with van der Waals surface area (Å²) in [4.78, 5) is 0. The Morgan fingerprint density at radius 3 is 2.20 bits per heavy atom. The second-order valence-corrected chi connectivity index (χ2v) is 7.29. The molecule has 0 aliphatic carbocycles. The third kappa shape index (κ3) is 4.44. The molecule has 0 aliphatic heterocycles. The van der Waals surface area contributed by atoms with Crippen LogP contribution in [0.2, 0.25) is 0 Å². The van der Waals surface area contributed by atoms with Crippen molar-refractivity contribution < 1.29 is 4.74 Å². The van der Waals surface area contributed by atoms with E-state index in [1.54, 1.807) is 0 Å². The fourth-order valence-electron chi connectivity index (χ4n) is 1.79. The van der Waals surface area contributed by atoms with E-state index in [1.165, 1.54) is 9.13 Å². The van der Waals surface area contributed by atoms with Crippen molar-refractivity contribution in [1.82, 2.24) is 5.32 Å². The van der Waals surface area contributed by atoms with E-state index in [4.69, 9.17) is 4.74 Å². The van der Waals surface area contributed by atoms with E-state index in [0.29, 0.717) is 6.61 Å². The average Bonchev–Trinajstić information content (AvgIpc) is 2.40. The summed E-state index contributed by atoms with van der Waals surface area (Å²) in [7, 11) is 1.93. The standard InChI is InChI=1S/C15H14Br2INO/c1-19-8-11-6-13(16)15(14(17)7-11)20-9-10-2-4-12(18)5-3-10/h2-7,19H,8-9H2,1H3. The minimum Gasteiger partial charge on any atom is -0.487 e. The first kappa shape index (κ1) is 16.3. The summed E-state index contributed by atoms with van der Waals surface area (Å²) < 4.78 is 9.06. The molecule has 1 N–H and O–H groups in total. The first-order valence-corrected chi connectivity index (χ1v) is 8.76. The van der Waals surface area contributed by atoms with Gasteiger partial charge in [0.25, 0.3) is 0 Å². The number of ether oxygens (including phenoxy) is 1. The Hall–Kier alpha value is -0.110. The summed E-state index contributed by atoms with van der Waals surface area (Å²) in [5, 5.41) is 3.14. The molecule has 0 bridgehead atoms. The van der Waals surface area contributed by atoms with E-state index in [2.05, 4.69) is 96.2 Å². The number of hydrogen-bond donors (Lipinski definition) is 1. The molecule has 0 saturated carbocycles. The van der Waals surface area contributed by atoms with Gasteiger partial charge in [-0.05, 0) is 96.9 Å². The van der Waals surface area contributed by atoms with Crippen LogP contribution < -0.4 is 10.1 Å². The molecule has 5 heteroatoms. The number of hydrogen-bond acceptors (Lipinski definition) is 2. The highest BCUT2D eigenvalue weighted by molar-refractivity contribution is 14.1. The van der Waals surface area contributed by atoms with Crippen molar-refractivity contribution in [2.45, 2.75) is 13.2 Å². The lowest BCUT2D eigenvalue weighted by atomic mass is 10.2. The fraction of sp³-hybridized carbons (Fsp3) is 0.200. The lowest BCUT2D eigenvalue weighted by Crippen LogP contribution is -2.05. The molecule has 0 aromatic heterocycles. The molecule has 2 aromatic rings. The molecule has 0 amide bonds. The van der Waals surface area contributed by atoms with E-state index in [1.807, 2.05) is 7.05 Å². The molecule has 0 saturated heterocycles. The van der Waals surface area contributed by atoms with Crippen LogP contribution in [-0.2, 0) is 13.2 Å². The van der Waals surface area contributed by atoms with Crippen molar-refractivity contribution in [2.75, 3.05) is 7.05 Å². The second kappa shape index (κ2) is 7.77.